The molecular formula is C14H19N. The highest BCUT2D eigenvalue weighted by atomic mass is 14.9. The fourth-order valence-electron chi connectivity index (χ4n) is 3.29. The molecule has 0 spiro atoms. The van der Waals surface area contributed by atoms with Gasteiger partial charge in [0.25, 0.3) is 0 Å². The van der Waals surface area contributed by atoms with E-state index in [1.807, 2.05) is 0 Å². The molecule has 15 heavy (non-hydrogen) atoms. The number of benzene rings is 1. The van der Waals surface area contributed by atoms with E-state index in [0.717, 1.165) is 5.92 Å². The lowest BCUT2D eigenvalue weighted by atomic mass is 9.80. The van der Waals surface area contributed by atoms with E-state index in [4.69, 9.17) is 0 Å². The molecular weight excluding hydrogens is 182 g/mol. The number of rotatable bonds is 2. The molecule has 1 nitrogen and oxygen atoms in total. The van der Waals surface area contributed by atoms with Crippen LogP contribution >= 0.6 is 0 Å². The van der Waals surface area contributed by atoms with Crippen molar-refractivity contribution < 1.29 is 0 Å². The van der Waals surface area contributed by atoms with Gasteiger partial charge in [-0.2, -0.15) is 0 Å². The van der Waals surface area contributed by atoms with Crippen molar-refractivity contribution in [3.63, 3.8) is 0 Å². The summed E-state index contributed by atoms with van der Waals surface area (Å²) >= 11 is 0. The average Bonchev–Trinajstić information content (AvgIpc) is 2.87. The normalized spacial score (nSPS) is 27.9. The van der Waals surface area contributed by atoms with Crippen molar-refractivity contribution in [2.75, 3.05) is 13.1 Å². The third kappa shape index (κ3) is 1.41. The van der Waals surface area contributed by atoms with E-state index in [0.29, 0.717) is 5.41 Å². The first-order valence-electron chi connectivity index (χ1n) is 6.10. The lowest BCUT2D eigenvalue weighted by Crippen LogP contribution is -2.23. The topological polar surface area (TPSA) is 12.0 Å². The first kappa shape index (κ1) is 9.41. The van der Waals surface area contributed by atoms with Crippen LogP contribution in [0.25, 0.3) is 0 Å². The van der Waals surface area contributed by atoms with Gasteiger partial charge in [0.05, 0.1) is 0 Å². The second-order valence-electron chi connectivity index (χ2n) is 5.16. The molecule has 80 valence electrons. The third-order valence-electron chi connectivity index (χ3n) is 4.31. The minimum Gasteiger partial charge on any atom is -0.316 e. The molecule has 1 unspecified atom stereocenters. The van der Waals surface area contributed by atoms with Crippen LogP contribution in [0.3, 0.4) is 0 Å². The van der Waals surface area contributed by atoms with Crippen molar-refractivity contribution in [1.82, 2.24) is 5.32 Å². The molecule has 1 atom stereocenters. The summed E-state index contributed by atoms with van der Waals surface area (Å²) in [7, 11) is 0. The summed E-state index contributed by atoms with van der Waals surface area (Å²) < 4.78 is 0. The predicted molar refractivity (Wildman–Crippen MR) is 63.1 cm³/mol. The molecule has 2 aliphatic rings. The molecule has 1 saturated carbocycles. The lowest BCUT2D eigenvalue weighted by Gasteiger charge is -2.24. The van der Waals surface area contributed by atoms with E-state index < -0.39 is 0 Å². The van der Waals surface area contributed by atoms with Gasteiger partial charge in [-0.3, -0.25) is 0 Å². The summed E-state index contributed by atoms with van der Waals surface area (Å²) in [5.74, 6) is 0.888. The van der Waals surface area contributed by atoms with Gasteiger partial charge in [-0.1, -0.05) is 24.3 Å². The van der Waals surface area contributed by atoms with Gasteiger partial charge in [-0.15, -0.1) is 0 Å². The van der Waals surface area contributed by atoms with E-state index >= 15 is 0 Å². The van der Waals surface area contributed by atoms with Gasteiger partial charge in [0, 0.05) is 0 Å². The lowest BCUT2D eigenvalue weighted by molar-refractivity contribution is 0.438. The molecule has 0 aromatic heterocycles. The standard InChI is InChI=1S/C14H19N/c1-11-4-2-3-5-13(11)14(7-8-14)12-6-9-15-10-12/h2-5,12,15H,6-10H2,1H3. The first-order chi connectivity index (χ1) is 7.33. The molecule has 3 rings (SSSR count). The predicted octanol–water partition coefficient (Wildman–Crippen LogP) is 2.64. The maximum absolute atomic E-state index is 3.51. The van der Waals surface area contributed by atoms with Gasteiger partial charge in [0.2, 0.25) is 0 Å². The van der Waals surface area contributed by atoms with Crippen molar-refractivity contribution in [1.29, 1.82) is 0 Å². The van der Waals surface area contributed by atoms with Crippen molar-refractivity contribution in [2.45, 2.75) is 31.6 Å². The Morgan fingerprint density at radius 2 is 2.07 bits per heavy atom. The summed E-state index contributed by atoms with van der Waals surface area (Å²) in [5.41, 5.74) is 3.66. The van der Waals surface area contributed by atoms with Crippen LogP contribution in [0.2, 0.25) is 0 Å². The van der Waals surface area contributed by atoms with E-state index in [9.17, 15) is 0 Å². The number of hydrogen-bond donors (Lipinski definition) is 1. The molecule has 1 aromatic carbocycles. The van der Waals surface area contributed by atoms with Crippen LogP contribution < -0.4 is 5.32 Å². The fourth-order valence-corrected chi connectivity index (χ4v) is 3.29. The van der Waals surface area contributed by atoms with Crippen LogP contribution in [0.15, 0.2) is 24.3 Å². The highest BCUT2D eigenvalue weighted by Crippen LogP contribution is 2.56. The zero-order chi connectivity index (χ0) is 10.3. The molecule has 0 amide bonds. The fraction of sp³-hybridized carbons (Fsp3) is 0.571. The molecule has 0 radical (unpaired) electrons. The maximum Gasteiger partial charge on any atom is -0.000294 e. The Labute approximate surface area is 91.9 Å². The quantitative estimate of drug-likeness (QED) is 0.775. The van der Waals surface area contributed by atoms with E-state index in [1.54, 1.807) is 5.56 Å². The molecule has 1 N–H and O–H groups in total. The second-order valence-corrected chi connectivity index (χ2v) is 5.16. The number of nitrogens with one attached hydrogen (secondary N) is 1. The number of aryl methyl sites for hydroxylation is 1. The Morgan fingerprint density at radius 3 is 2.67 bits per heavy atom. The monoisotopic (exact) mass is 201 g/mol. The molecule has 1 aromatic rings. The second kappa shape index (κ2) is 3.34. The van der Waals surface area contributed by atoms with Crippen molar-refractivity contribution in [3.8, 4) is 0 Å². The van der Waals surface area contributed by atoms with Crippen LogP contribution in [-0.4, -0.2) is 13.1 Å². The summed E-state index contributed by atoms with van der Waals surface area (Å²) in [6.45, 7) is 4.71. The van der Waals surface area contributed by atoms with Crippen LogP contribution in [0.4, 0.5) is 0 Å². The smallest absolute Gasteiger partial charge is 0.000294 e. The van der Waals surface area contributed by atoms with E-state index in [2.05, 4.69) is 36.5 Å². The van der Waals surface area contributed by atoms with Crippen LogP contribution in [0.1, 0.15) is 30.4 Å². The average molecular weight is 201 g/mol. The Balaban J connectivity index is 1.95. The molecule has 1 aliphatic carbocycles. The Morgan fingerprint density at radius 1 is 1.27 bits per heavy atom. The maximum atomic E-state index is 3.51. The van der Waals surface area contributed by atoms with Crippen molar-refractivity contribution in [3.05, 3.63) is 35.4 Å². The zero-order valence-corrected chi connectivity index (χ0v) is 9.42. The minimum atomic E-state index is 0.550. The van der Waals surface area contributed by atoms with Crippen molar-refractivity contribution in [2.24, 2.45) is 5.92 Å². The van der Waals surface area contributed by atoms with Gasteiger partial charge < -0.3 is 5.32 Å². The van der Waals surface area contributed by atoms with Gasteiger partial charge in [0.15, 0.2) is 0 Å². The Hall–Kier alpha value is -0.820. The van der Waals surface area contributed by atoms with Gasteiger partial charge in [-0.25, -0.2) is 0 Å². The summed E-state index contributed by atoms with van der Waals surface area (Å²) in [5, 5.41) is 3.51. The van der Waals surface area contributed by atoms with Crippen molar-refractivity contribution >= 4 is 0 Å². The van der Waals surface area contributed by atoms with Gasteiger partial charge in [-0.05, 0) is 61.7 Å². The van der Waals surface area contributed by atoms with Crippen LogP contribution in [-0.2, 0) is 5.41 Å². The van der Waals surface area contributed by atoms with Crippen LogP contribution in [0, 0.1) is 12.8 Å². The van der Waals surface area contributed by atoms with E-state index in [-0.39, 0.29) is 0 Å². The molecule has 2 fully saturated rings. The molecule has 1 saturated heterocycles. The first-order valence-corrected chi connectivity index (χ1v) is 6.10. The van der Waals surface area contributed by atoms with Gasteiger partial charge in [0.1, 0.15) is 0 Å². The third-order valence-corrected chi connectivity index (χ3v) is 4.31. The van der Waals surface area contributed by atoms with E-state index in [1.165, 1.54) is 37.9 Å². The number of hydrogen-bond acceptors (Lipinski definition) is 1. The molecule has 1 heteroatoms. The molecule has 1 heterocycles. The summed E-state index contributed by atoms with van der Waals surface area (Å²) in [4.78, 5) is 0. The summed E-state index contributed by atoms with van der Waals surface area (Å²) in [6.07, 6.45) is 4.18. The van der Waals surface area contributed by atoms with Gasteiger partial charge >= 0.3 is 0 Å². The highest BCUT2D eigenvalue weighted by Gasteiger charge is 2.51. The van der Waals surface area contributed by atoms with Crippen LogP contribution in [0.5, 0.6) is 0 Å². The zero-order valence-electron chi connectivity index (χ0n) is 9.42. The Bertz CT molecular complexity index is 359. The molecule has 0 bridgehead atoms. The highest BCUT2D eigenvalue weighted by molar-refractivity contribution is 5.39. The SMILES string of the molecule is Cc1ccccc1C1(C2CCNC2)CC1. The Kier molecular flexibility index (Phi) is 2.10. The molecule has 1 aliphatic heterocycles. The largest absolute Gasteiger partial charge is 0.316 e. The minimum absolute atomic E-state index is 0.550. The summed E-state index contributed by atoms with van der Waals surface area (Å²) in [6, 6.07) is 8.96.